The second-order valence-corrected chi connectivity index (χ2v) is 13.0. The number of halogens is 3. The number of carbonyl (C=O) groups excluding carboxylic acids is 2. The van der Waals surface area contributed by atoms with Crippen molar-refractivity contribution in [1.82, 2.24) is 10.2 Å². The summed E-state index contributed by atoms with van der Waals surface area (Å²) in [6.07, 6.45) is 0.717. The van der Waals surface area contributed by atoms with Crippen molar-refractivity contribution in [2.24, 2.45) is 0 Å². The zero-order valence-electron chi connectivity index (χ0n) is 21.8. The highest BCUT2D eigenvalue weighted by atomic mass is 127. The van der Waals surface area contributed by atoms with Gasteiger partial charge in [0.25, 0.3) is 10.0 Å². The van der Waals surface area contributed by atoms with Crippen LogP contribution in [0.25, 0.3) is 0 Å². The lowest BCUT2D eigenvalue weighted by atomic mass is 10.1. The summed E-state index contributed by atoms with van der Waals surface area (Å²) in [7, 11) is -4.11. The Hall–Kier alpha value is -2.34. The Morgan fingerprint density at radius 1 is 0.949 bits per heavy atom. The summed E-state index contributed by atoms with van der Waals surface area (Å²) < 4.78 is 29.5. The van der Waals surface area contributed by atoms with Gasteiger partial charge in [0.2, 0.25) is 11.8 Å². The van der Waals surface area contributed by atoms with E-state index in [0.717, 1.165) is 14.3 Å². The first-order chi connectivity index (χ1) is 18.4. The normalized spacial score (nSPS) is 12.9. The Morgan fingerprint density at radius 2 is 1.59 bits per heavy atom. The molecule has 0 aliphatic heterocycles. The van der Waals surface area contributed by atoms with Crippen molar-refractivity contribution in [3.8, 4) is 0 Å². The summed E-state index contributed by atoms with van der Waals surface area (Å²) in [4.78, 5) is 28.4. The molecule has 2 atom stereocenters. The topological polar surface area (TPSA) is 86.8 Å². The highest BCUT2D eigenvalue weighted by Crippen LogP contribution is 2.27. The zero-order chi connectivity index (χ0) is 28.7. The van der Waals surface area contributed by atoms with Gasteiger partial charge in [-0.2, -0.15) is 0 Å². The number of benzene rings is 3. The molecule has 2 amide bonds. The Kier molecular flexibility index (Phi) is 11.1. The van der Waals surface area contributed by atoms with Gasteiger partial charge < -0.3 is 10.2 Å². The first-order valence-corrected chi connectivity index (χ1v) is 15.6. The van der Waals surface area contributed by atoms with Crippen LogP contribution in [0.2, 0.25) is 10.0 Å². The average molecular weight is 702 g/mol. The van der Waals surface area contributed by atoms with Gasteiger partial charge in [0.15, 0.2) is 0 Å². The number of sulfonamides is 1. The van der Waals surface area contributed by atoms with Crippen molar-refractivity contribution >= 4 is 73.3 Å². The van der Waals surface area contributed by atoms with Crippen LogP contribution >= 0.6 is 45.8 Å². The van der Waals surface area contributed by atoms with Crippen LogP contribution in [0.4, 0.5) is 5.69 Å². The van der Waals surface area contributed by atoms with E-state index in [1.807, 2.05) is 13.8 Å². The molecule has 0 spiro atoms. The summed E-state index contributed by atoms with van der Waals surface area (Å²) in [6.45, 7) is 4.95. The molecule has 1 N–H and O–H groups in total. The second-order valence-electron chi connectivity index (χ2n) is 9.07. The van der Waals surface area contributed by atoms with Crippen molar-refractivity contribution in [2.75, 3.05) is 10.8 Å². The fourth-order valence-corrected chi connectivity index (χ4v) is 5.85. The molecule has 0 aromatic heterocycles. The SMILES string of the molecule is CC[C@H](C)NC(=O)[C@@H](C)N(Cc1ccc(Cl)c(Cl)c1)C(=O)CN(c1ccc(I)cc1)S(=O)(=O)c1ccccc1. The third-order valence-corrected chi connectivity index (χ3v) is 9.48. The monoisotopic (exact) mass is 701 g/mol. The van der Waals surface area contributed by atoms with E-state index in [2.05, 4.69) is 27.9 Å². The minimum absolute atomic E-state index is 0.0245. The Bertz CT molecular complexity index is 1410. The van der Waals surface area contributed by atoms with Gasteiger partial charge >= 0.3 is 0 Å². The van der Waals surface area contributed by atoms with E-state index in [1.54, 1.807) is 67.6 Å². The molecule has 3 aromatic rings. The van der Waals surface area contributed by atoms with Crippen molar-refractivity contribution in [2.45, 2.75) is 50.7 Å². The van der Waals surface area contributed by atoms with Crippen LogP contribution in [0.5, 0.6) is 0 Å². The van der Waals surface area contributed by atoms with E-state index in [4.69, 9.17) is 23.2 Å². The maximum atomic E-state index is 13.9. The smallest absolute Gasteiger partial charge is 0.264 e. The molecule has 7 nitrogen and oxygen atoms in total. The number of amides is 2. The molecular formula is C28H30Cl2IN3O4S. The van der Waals surface area contributed by atoms with Crippen LogP contribution < -0.4 is 9.62 Å². The molecule has 3 rings (SSSR count). The largest absolute Gasteiger partial charge is 0.352 e. The predicted molar refractivity (Wildman–Crippen MR) is 165 cm³/mol. The van der Waals surface area contributed by atoms with Gasteiger partial charge in [-0.05, 0) is 97.0 Å². The number of rotatable bonds is 11. The molecule has 0 bridgehead atoms. The van der Waals surface area contributed by atoms with Gasteiger partial charge in [0.05, 0.1) is 20.6 Å². The maximum Gasteiger partial charge on any atom is 0.264 e. The molecule has 0 saturated carbocycles. The van der Waals surface area contributed by atoms with Crippen LogP contribution in [0.3, 0.4) is 0 Å². The quantitative estimate of drug-likeness (QED) is 0.244. The summed E-state index contributed by atoms with van der Waals surface area (Å²) >= 11 is 14.4. The molecule has 208 valence electrons. The lowest BCUT2D eigenvalue weighted by Crippen LogP contribution is -2.52. The summed E-state index contributed by atoms with van der Waals surface area (Å²) in [5.74, 6) is -0.893. The van der Waals surface area contributed by atoms with E-state index in [1.165, 1.54) is 17.0 Å². The van der Waals surface area contributed by atoms with Crippen molar-refractivity contribution in [3.05, 3.63) is 92.0 Å². The van der Waals surface area contributed by atoms with Crippen molar-refractivity contribution in [3.63, 3.8) is 0 Å². The molecule has 11 heteroatoms. The summed E-state index contributed by atoms with van der Waals surface area (Å²) in [5.41, 5.74) is 0.978. The molecule has 0 unspecified atom stereocenters. The van der Waals surface area contributed by atoms with Crippen LogP contribution in [0, 0.1) is 3.57 Å². The van der Waals surface area contributed by atoms with E-state index in [0.29, 0.717) is 21.3 Å². The Labute approximate surface area is 253 Å². The minimum atomic E-state index is -4.11. The van der Waals surface area contributed by atoms with Crippen LogP contribution in [0.1, 0.15) is 32.8 Å². The summed E-state index contributed by atoms with van der Waals surface area (Å²) in [6, 6.07) is 18.7. The number of nitrogens with zero attached hydrogens (tertiary/aromatic N) is 2. The minimum Gasteiger partial charge on any atom is -0.352 e. The van der Waals surface area contributed by atoms with E-state index in [9.17, 15) is 18.0 Å². The molecular weight excluding hydrogens is 672 g/mol. The highest BCUT2D eigenvalue weighted by molar-refractivity contribution is 14.1. The molecule has 0 aliphatic rings. The predicted octanol–water partition coefficient (Wildman–Crippen LogP) is 6.13. The van der Waals surface area contributed by atoms with Gasteiger partial charge in [-0.1, -0.05) is 54.4 Å². The maximum absolute atomic E-state index is 13.9. The third kappa shape index (κ3) is 8.09. The van der Waals surface area contributed by atoms with Crippen LogP contribution in [-0.2, 0) is 26.2 Å². The first-order valence-electron chi connectivity index (χ1n) is 12.3. The standard InChI is InChI=1S/C28H30Cl2IN3O4S/c1-4-19(2)32-28(36)20(3)33(17-21-10-15-25(29)26(30)16-21)27(35)18-34(23-13-11-22(31)12-14-23)39(37,38)24-8-6-5-7-9-24/h5-16,19-20H,4,17-18H2,1-3H3,(H,32,36)/t19-,20+/m0/s1. The Morgan fingerprint density at radius 3 is 2.18 bits per heavy atom. The van der Waals surface area contributed by atoms with Gasteiger partial charge in [-0.25, -0.2) is 8.42 Å². The number of hydrogen-bond donors (Lipinski definition) is 1. The first kappa shape index (κ1) is 31.2. The van der Waals surface area contributed by atoms with E-state index in [-0.39, 0.29) is 23.4 Å². The molecule has 39 heavy (non-hydrogen) atoms. The molecule has 0 aliphatic carbocycles. The molecule has 0 fully saturated rings. The highest BCUT2D eigenvalue weighted by Gasteiger charge is 2.32. The fourth-order valence-electron chi connectivity index (χ4n) is 3.74. The van der Waals surface area contributed by atoms with Crippen molar-refractivity contribution < 1.29 is 18.0 Å². The van der Waals surface area contributed by atoms with Crippen LogP contribution in [0.15, 0.2) is 77.7 Å². The number of hydrogen-bond acceptors (Lipinski definition) is 4. The van der Waals surface area contributed by atoms with Gasteiger partial charge in [0, 0.05) is 16.2 Å². The number of nitrogens with one attached hydrogen (secondary N) is 1. The van der Waals surface area contributed by atoms with Gasteiger partial charge in [-0.3, -0.25) is 13.9 Å². The average Bonchev–Trinajstić information content (AvgIpc) is 2.92. The van der Waals surface area contributed by atoms with E-state index >= 15 is 0 Å². The zero-order valence-corrected chi connectivity index (χ0v) is 26.3. The third-order valence-electron chi connectivity index (χ3n) is 6.23. The number of carbonyl (C=O) groups is 2. The van der Waals surface area contributed by atoms with E-state index < -0.39 is 28.5 Å². The van der Waals surface area contributed by atoms with Crippen molar-refractivity contribution in [1.29, 1.82) is 0 Å². The molecule has 0 heterocycles. The number of anilines is 1. The lowest BCUT2D eigenvalue weighted by molar-refractivity contribution is -0.139. The lowest BCUT2D eigenvalue weighted by Gasteiger charge is -2.32. The Balaban J connectivity index is 2.02. The molecule has 0 radical (unpaired) electrons. The van der Waals surface area contributed by atoms with Gasteiger partial charge in [-0.15, -0.1) is 0 Å². The molecule has 0 saturated heterocycles. The molecule has 3 aromatic carbocycles. The van der Waals surface area contributed by atoms with Crippen LogP contribution in [-0.4, -0.2) is 43.8 Å². The summed E-state index contributed by atoms with van der Waals surface area (Å²) in [5, 5.41) is 3.58. The van der Waals surface area contributed by atoms with Gasteiger partial charge in [0.1, 0.15) is 12.6 Å². The fraction of sp³-hybridized carbons (Fsp3) is 0.286. The second kappa shape index (κ2) is 13.8.